The lowest BCUT2D eigenvalue weighted by Crippen LogP contribution is -2.43. The Hall–Kier alpha value is -3.19. The predicted octanol–water partition coefficient (Wildman–Crippen LogP) is 4.67. The highest BCUT2D eigenvalue weighted by atomic mass is 32.1. The lowest BCUT2D eigenvalue weighted by Gasteiger charge is -2.22. The molecule has 2 amide bonds. The second kappa shape index (κ2) is 10.2. The Labute approximate surface area is 185 Å². The van der Waals surface area contributed by atoms with Crippen LogP contribution >= 0.6 is 11.3 Å². The van der Waals surface area contributed by atoms with Crippen LogP contribution < -0.4 is 5.32 Å². The van der Waals surface area contributed by atoms with Crippen molar-refractivity contribution in [3.05, 3.63) is 82.9 Å². The van der Waals surface area contributed by atoms with Gasteiger partial charge in [0.25, 0.3) is 0 Å². The van der Waals surface area contributed by atoms with Crippen molar-refractivity contribution in [2.75, 3.05) is 11.9 Å². The first kappa shape index (κ1) is 21.1. The van der Waals surface area contributed by atoms with Crippen LogP contribution in [-0.2, 0) is 29.0 Å². The number of benzene rings is 2. The molecule has 0 spiro atoms. The van der Waals surface area contributed by atoms with E-state index in [1.165, 1.54) is 21.8 Å². The van der Waals surface area contributed by atoms with Gasteiger partial charge in [-0.05, 0) is 36.8 Å². The molecule has 6 nitrogen and oxygen atoms in total. The summed E-state index contributed by atoms with van der Waals surface area (Å²) in [6.45, 7) is 0.716. The van der Waals surface area contributed by atoms with Crippen LogP contribution in [0, 0.1) is 0 Å². The largest absolute Gasteiger partial charge is 0.445 e. The normalized spacial score (nSPS) is 15.6. The number of carbonyl (C=O) groups is 2. The summed E-state index contributed by atoms with van der Waals surface area (Å²) in [7, 11) is 0. The van der Waals surface area contributed by atoms with Gasteiger partial charge < -0.3 is 10.1 Å². The standard InChI is InChI=1S/C24H25N3O3S/c28-22(26-23-25-20(17-31-23)14-13-18-8-3-1-4-9-18)21-12-7-15-27(21)24(29)30-16-19-10-5-2-6-11-19/h1-6,8-11,17,21H,7,12-16H2,(H,25,26,28)/t21-/m1/s1. The molecule has 0 unspecified atom stereocenters. The van der Waals surface area contributed by atoms with Crippen LogP contribution in [0.15, 0.2) is 66.0 Å². The Morgan fingerprint density at radius 1 is 1.03 bits per heavy atom. The molecule has 3 aromatic rings. The average Bonchev–Trinajstić information content (AvgIpc) is 3.47. The van der Waals surface area contributed by atoms with Gasteiger partial charge in [-0.3, -0.25) is 9.69 Å². The third kappa shape index (κ3) is 5.70. The van der Waals surface area contributed by atoms with Crippen LogP contribution in [0.3, 0.4) is 0 Å². The highest BCUT2D eigenvalue weighted by Gasteiger charge is 2.35. The Balaban J connectivity index is 1.29. The Morgan fingerprint density at radius 2 is 1.74 bits per heavy atom. The summed E-state index contributed by atoms with van der Waals surface area (Å²) in [6, 6.07) is 19.2. The van der Waals surface area contributed by atoms with Gasteiger partial charge in [0, 0.05) is 11.9 Å². The topological polar surface area (TPSA) is 71.5 Å². The number of ether oxygens (including phenoxy) is 1. The fourth-order valence-electron chi connectivity index (χ4n) is 3.65. The van der Waals surface area contributed by atoms with Crippen molar-refractivity contribution in [3.63, 3.8) is 0 Å². The molecule has 1 aliphatic heterocycles. The fourth-order valence-corrected chi connectivity index (χ4v) is 4.39. The molecule has 1 N–H and O–H groups in total. The molecule has 4 rings (SSSR count). The number of nitrogens with one attached hydrogen (secondary N) is 1. The molecule has 1 saturated heterocycles. The van der Waals surface area contributed by atoms with Gasteiger partial charge in [0.05, 0.1) is 5.69 Å². The lowest BCUT2D eigenvalue weighted by atomic mass is 10.1. The molecule has 160 valence electrons. The number of hydrogen-bond acceptors (Lipinski definition) is 5. The number of hydrogen-bond donors (Lipinski definition) is 1. The average molecular weight is 436 g/mol. The highest BCUT2D eigenvalue weighted by Crippen LogP contribution is 2.23. The van der Waals surface area contributed by atoms with Gasteiger partial charge in [0.1, 0.15) is 12.6 Å². The Kier molecular flexibility index (Phi) is 6.94. The minimum atomic E-state index is -0.528. The van der Waals surface area contributed by atoms with Crippen LogP contribution in [0.1, 0.15) is 29.7 Å². The van der Waals surface area contributed by atoms with Crippen molar-refractivity contribution < 1.29 is 14.3 Å². The van der Waals surface area contributed by atoms with Gasteiger partial charge in [0.2, 0.25) is 5.91 Å². The maximum atomic E-state index is 12.8. The summed E-state index contributed by atoms with van der Waals surface area (Å²) in [5.41, 5.74) is 3.13. The molecular formula is C24H25N3O3S. The molecule has 0 aliphatic carbocycles. The lowest BCUT2D eigenvalue weighted by molar-refractivity contribution is -0.120. The van der Waals surface area contributed by atoms with Crippen LogP contribution in [0.5, 0.6) is 0 Å². The second-order valence-corrected chi connectivity index (χ2v) is 8.37. The van der Waals surface area contributed by atoms with Crippen LogP contribution in [0.25, 0.3) is 0 Å². The number of amides is 2. The molecule has 7 heteroatoms. The number of rotatable bonds is 7. The molecule has 0 saturated carbocycles. The summed E-state index contributed by atoms with van der Waals surface area (Å²) >= 11 is 1.41. The van der Waals surface area contributed by atoms with Gasteiger partial charge in [-0.15, -0.1) is 11.3 Å². The summed E-state index contributed by atoms with van der Waals surface area (Å²) in [5.74, 6) is -0.210. The van der Waals surface area contributed by atoms with E-state index in [2.05, 4.69) is 22.4 Å². The van der Waals surface area contributed by atoms with Crippen molar-refractivity contribution in [2.24, 2.45) is 0 Å². The molecule has 1 aliphatic rings. The van der Waals surface area contributed by atoms with Crippen LogP contribution in [0.2, 0.25) is 0 Å². The van der Waals surface area contributed by atoms with Gasteiger partial charge in [-0.25, -0.2) is 9.78 Å². The minimum absolute atomic E-state index is 0.196. The second-order valence-electron chi connectivity index (χ2n) is 7.51. The van der Waals surface area contributed by atoms with Crippen molar-refractivity contribution in [1.29, 1.82) is 0 Å². The molecule has 1 atom stereocenters. The summed E-state index contributed by atoms with van der Waals surface area (Å²) in [6.07, 6.45) is 2.67. The number of aryl methyl sites for hydroxylation is 2. The first-order chi connectivity index (χ1) is 15.2. The van der Waals surface area contributed by atoms with E-state index in [1.54, 1.807) is 0 Å². The molecule has 0 radical (unpaired) electrons. The van der Waals surface area contributed by atoms with Gasteiger partial charge in [-0.2, -0.15) is 0 Å². The summed E-state index contributed by atoms with van der Waals surface area (Å²) in [5, 5.41) is 5.42. The van der Waals surface area contributed by atoms with Crippen LogP contribution in [0.4, 0.5) is 9.93 Å². The van der Waals surface area contributed by atoms with Gasteiger partial charge in [0.15, 0.2) is 5.13 Å². The number of thiazole rings is 1. The third-order valence-corrected chi connectivity index (χ3v) is 6.10. The highest BCUT2D eigenvalue weighted by molar-refractivity contribution is 7.13. The van der Waals surface area contributed by atoms with E-state index in [0.29, 0.717) is 18.1 Å². The van der Waals surface area contributed by atoms with Crippen molar-refractivity contribution in [3.8, 4) is 0 Å². The van der Waals surface area contributed by atoms with E-state index in [4.69, 9.17) is 4.74 Å². The number of aromatic nitrogens is 1. The van der Waals surface area contributed by atoms with E-state index in [-0.39, 0.29) is 12.5 Å². The Bertz CT molecular complexity index is 1010. The maximum Gasteiger partial charge on any atom is 0.410 e. The minimum Gasteiger partial charge on any atom is -0.445 e. The van der Waals surface area contributed by atoms with Gasteiger partial charge >= 0.3 is 6.09 Å². The van der Waals surface area contributed by atoms with Crippen molar-refractivity contribution in [1.82, 2.24) is 9.88 Å². The van der Waals surface area contributed by atoms with Crippen molar-refractivity contribution in [2.45, 2.75) is 38.3 Å². The molecule has 1 aromatic heterocycles. The third-order valence-electron chi connectivity index (χ3n) is 5.29. The SMILES string of the molecule is O=C(Nc1nc(CCc2ccccc2)cs1)[C@H]1CCCN1C(=O)OCc1ccccc1. The fraction of sp³-hybridized carbons (Fsp3) is 0.292. The zero-order valence-corrected chi connectivity index (χ0v) is 18.0. The number of anilines is 1. The van der Waals surface area contributed by atoms with E-state index >= 15 is 0 Å². The molecule has 2 aromatic carbocycles. The molecular weight excluding hydrogens is 410 g/mol. The Morgan fingerprint density at radius 3 is 2.48 bits per heavy atom. The first-order valence-electron chi connectivity index (χ1n) is 10.5. The van der Waals surface area contributed by atoms with E-state index in [9.17, 15) is 9.59 Å². The monoisotopic (exact) mass is 435 g/mol. The molecule has 31 heavy (non-hydrogen) atoms. The zero-order chi connectivity index (χ0) is 21.5. The first-order valence-corrected chi connectivity index (χ1v) is 11.3. The quantitative estimate of drug-likeness (QED) is 0.586. The maximum absolute atomic E-state index is 12.8. The van der Waals surface area contributed by atoms with Crippen LogP contribution in [-0.4, -0.2) is 34.5 Å². The molecule has 2 heterocycles. The van der Waals surface area contributed by atoms with Gasteiger partial charge in [-0.1, -0.05) is 60.7 Å². The summed E-state index contributed by atoms with van der Waals surface area (Å²) < 4.78 is 5.41. The molecule has 0 bridgehead atoms. The van der Waals surface area contributed by atoms with E-state index in [0.717, 1.165) is 30.5 Å². The van der Waals surface area contributed by atoms with E-state index < -0.39 is 12.1 Å². The zero-order valence-electron chi connectivity index (χ0n) is 17.2. The summed E-state index contributed by atoms with van der Waals surface area (Å²) in [4.78, 5) is 31.4. The predicted molar refractivity (Wildman–Crippen MR) is 121 cm³/mol. The number of carbonyl (C=O) groups excluding carboxylic acids is 2. The van der Waals surface area contributed by atoms with Crippen molar-refractivity contribution >= 4 is 28.5 Å². The molecule has 1 fully saturated rings. The smallest absolute Gasteiger partial charge is 0.410 e. The van der Waals surface area contributed by atoms with E-state index in [1.807, 2.05) is 53.9 Å². The number of nitrogens with zero attached hydrogens (tertiary/aromatic N) is 2. The number of likely N-dealkylation sites (tertiary alicyclic amines) is 1.